The molecule has 2 atom stereocenters. The molecule has 7 nitrogen and oxygen atoms in total. The molecule has 2 rings (SSSR count). The molecule has 0 spiro atoms. The van der Waals surface area contributed by atoms with Crippen molar-refractivity contribution >= 4 is 19.3 Å². The summed E-state index contributed by atoms with van der Waals surface area (Å²) >= 11 is 0. The fourth-order valence-corrected chi connectivity index (χ4v) is 4.87. The zero-order valence-electron chi connectivity index (χ0n) is 13.8. The Balaban J connectivity index is 2.53. The first kappa shape index (κ1) is 18.1. The number of hydrogen-bond donors (Lipinski definition) is 0. The molecule has 128 valence electrons. The zero-order valence-corrected chi connectivity index (χ0v) is 14.7. The number of ketones is 2. The summed E-state index contributed by atoms with van der Waals surface area (Å²) in [7, 11) is -0.653. The van der Waals surface area contributed by atoms with Gasteiger partial charge in [-0.25, -0.2) is 0 Å². The second kappa shape index (κ2) is 6.02. The van der Waals surface area contributed by atoms with Gasteiger partial charge in [-0.2, -0.15) is 0 Å². The van der Waals surface area contributed by atoms with E-state index in [2.05, 4.69) is 0 Å². The Labute approximate surface area is 135 Å². The number of rotatable bonds is 6. The molecule has 8 heteroatoms. The molecule has 1 aromatic rings. The molecule has 0 radical (unpaired) electrons. The van der Waals surface area contributed by atoms with Crippen LogP contribution in [0.5, 0.6) is 0 Å². The molecule has 1 saturated heterocycles. The minimum atomic E-state index is -4.49. The molecule has 1 fully saturated rings. The van der Waals surface area contributed by atoms with Crippen LogP contribution in [-0.4, -0.2) is 44.6 Å². The van der Waals surface area contributed by atoms with E-state index >= 15 is 0 Å². The summed E-state index contributed by atoms with van der Waals surface area (Å²) in [5, 5.41) is 0. The van der Waals surface area contributed by atoms with Crippen LogP contribution in [0.1, 0.15) is 24.2 Å². The normalized spacial score (nSPS) is 30.3. The minimum absolute atomic E-state index is 0.385. The van der Waals surface area contributed by atoms with Gasteiger partial charge in [0.15, 0.2) is 0 Å². The van der Waals surface area contributed by atoms with Crippen molar-refractivity contribution in [2.75, 3.05) is 21.3 Å². The first-order chi connectivity index (χ1) is 10.8. The molecular weight excluding hydrogens is 323 g/mol. The van der Waals surface area contributed by atoms with E-state index in [1.54, 1.807) is 30.3 Å². The molecule has 0 N–H and O–H groups in total. The van der Waals surface area contributed by atoms with Gasteiger partial charge in [0.25, 0.3) is 0 Å². The molecule has 0 aliphatic carbocycles. The van der Waals surface area contributed by atoms with E-state index in [4.69, 9.17) is 22.6 Å². The maximum absolute atomic E-state index is 12.8. The van der Waals surface area contributed by atoms with Crippen LogP contribution in [0.2, 0.25) is 0 Å². The summed E-state index contributed by atoms with van der Waals surface area (Å²) in [5.41, 5.74) is -1.21. The Morgan fingerprint density at radius 2 is 1.61 bits per heavy atom. The van der Waals surface area contributed by atoms with Crippen LogP contribution in [0, 0.1) is 0 Å². The van der Waals surface area contributed by atoms with Gasteiger partial charge in [-0.3, -0.25) is 0 Å². The predicted molar refractivity (Wildman–Crippen MR) is 83.8 cm³/mol. The summed E-state index contributed by atoms with van der Waals surface area (Å²) in [4.78, 5) is 25.0. The van der Waals surface area contributed by atoms with Gasteiger partial charge < -0.3 is 0 Å². The third kappa shape index (κ3) is 2.74. The van der Waals surface area contributed by atoms with Gasteiger partial charge >= 0.3 is 134 Å². The summed E-state index contributed by atoms with van der Waals surface area (Å²) < 4.78 is 27.4. The molecule has 1 aliphatic rings. The van der Waals surface area contributed by atoms with Crippen LogP contribution in [-0.2, 0) is 27.4 Å². The molecule has 0 bridgehead atoms. The number of Topliss-reactive ketones (excluding diaryl/α,β-unsaturated/α-hetero) is 2. The molecule has 23 heavy (non-hydrogen) atoms. The van der Waals surface area contributed by atoms with Crippen molar-refractivity contribution in [1.29, 1.82) is 0 Å². The quantitative estimate of drug-likeness (QED) is 0.580. The Bertz CT molecular complexity index is 602. The first-order valence-corrected chi connectivity index (χ1v) is 8.80. The SMILES string of the molecule is COP1(OC)(OC)OC(C(=O)c2ccccc2)C(C)(C(C)=O)O1. The van der Waals surface area contributed by atoms with Crippen molar-refractivity contribution in [1.82, 2.24) is 0 Å². The maximum atomic E-state index is 12.8. The van der Waals surface area contributed by atoms with Crippen LogP contribution in [0.4, 0.5) is 0 Å². The van der Waals surface area contributed by atoms with Gasteiger partial charge in [0.05, 0.1) is 0 Å². The van der Waals surface area contributed by atoms with Gasteiger partial charge in [-0.15, -0.1) is 0 Å². The fraction of sp³-hybridized carbons (Fsp3) is 0.467. The van der Waals surface area contributed by atoms with Crippen molar-refractivity contribution < 1.29 is 32.2 Å². The van der Waals surface area contributed by atoms with E-state index in [0.29, 0.717) is 5.56 Å². The third-order valence-electron chi connectivity index (χ3n) is 4.01. The Morgan fingerprint density at radius 3 is 2.04 bits per heavy atom. The summed E-state index contributed by atoms with van der Waals surface area (Å²) in [6, 6.07) is 8.48. The van der Waals surface area contributed by atoms with Crippen molar-refractivity contribution in [2.24, 2.45) is 0 Å². The second-order valence-electron chi connectivity index (χ2n) is 5.26. The topological polar surface area (TPSA) is 80.3 Å². The number of carbonyl (C=O) groups is 2. The Morgan fingerprint density at radius 1 is 1.09 bits per heavy atom. The van der Waals surface area contributed by atoms with Crippen LogP contribution in [0.15, 0.2) is 30.3 Å². The Hall–Kier alpha value is -1.21. The summed E-state index contributed by atoms with van der Waals surface area (Å²) in [6.07, 6.45) is -1.25. The van der Waals surface area contributed by atoms with Gasteiger partial charge in [-0.05, 0) is 0 Å². The Kier molecular flexibility index (Phi) is 4.74. The van der Waals surface area contributed by atoms with E-state index in [-0.39, 0.29) is 0 Å². The molecule has 1 aromatic carbocycles. The van der Waals surface area contributed by atoms with Crippen molar-refractivity contribution in [2.45, 2.75) is 25.6 Å². The molecule has 0 saturated carbocycles. The van der Waals surface area contributed by atoms with Crippen LogP contribution in [0.25, 0.3) is 0 Å². The standard InChI is InChI=1S/C15H21O7P/c1-11(16)15(2)14(13(17)12-9-7-6-8-10-12)21-23(18-3,19-4,20-5)22-15/h6-10,14H,1-5H3. The average molecular weight is 344 g/mol. The van der Waals surface area contributed by atoms with E-state index in [0.717, 1.165) is 0 Å². The number of carbonyl (C=O) groups excluding carboxylic acids is 2. The van der Waals surface area contributed by atoms with Gasteiger partial charge in [0.2, 0.25) is 0 Å². The molecule has 2 unspecified atom stereocenters. The number of benzene rings is 1. The van der Waals surface area contributed by atoms with Crippen molar-refractivity contribution in [3.05, 3.63) is 35.9 Å². The fourth-order valence-electron chi connectivity index (χ4n) is 2.42. The average Bonchev–Trinajstić information content (AvgIpc) is 2.88. The van der Waals surface area contributed by atoms with Gasteiger partial charge in [0.1, 0.15) is 0 Å². The summed E-state index contributed by atoms with van der Waals surface area (Å²) in [6.45, 7) is 2.78. The van der Waals surface area contributed by atoms with E-state index in [1.807, 2.05) is 0 Å². The molecule has 1 heterocycles. The van der Waals surface area contributed by atoms with Crippen molar-refractivity contribution in [3.8, 4) is 0 Å². The third-order valence-corrected chi connectivity index (χ3v) is 7.03. The first-order valence-electron chi connectivity index (χ1n) is 6.97. The zero-order chi connectivity index (χ0) is 17.3. The molecular formula is C15H21O7P. The molecule has 0 aromatic heterocycles. The molecule has 0 amide bonds. The summed E-state index contributed by atoms with van der Waals surface area (Å²) in [5.74, 6) is -0.814. The van der Waals surface area contributed by atoms with E-state index in [9.17, 15) is 9.59 Å². The van der Waals surface area contributed by atoms with E-state index in [1.165, 1.54) is 35.2 Å². The van der Waals surface area contributed by atoms with Crippen LogP contribution >= 0.6 is 7.74 Å². The number of hydrogen-bond acceptors (Lipinski definition) is 7. The van der Waals surface area contributed by atoms with E-state index < -0.39 is 31.0 Å². The second-order valence-corrected chi connectivity index (χ2v) is 8.24. The van der Waals surface area contributed by atoms with Gasteiger partial charge in [0, 0.05) is 0 Å². The predicted octanol–water partition coefficient (Wildman–Crippen LogP) is 2.70. The van der Waals surface area contributed by atoms with Crippen molar-refractivity contribution in [3.63, 3.8) is 0 Å². The monoisotopic (exact) mass is 344 g/mol. The van der Waals surface area contributed by atoms with Gasteiger partial charge in [-0.1, -0.05) is 0 Å². The van der Waals surface area contributed by atoms with Crippen LogP contribution < -0.4 is 0 Å². The van der Waals surface area contributed by atoms with Crippen LogP contribution in [0.3, 0.4) is 0 Å². The molecule has 1 aliphatic heterocycles.